The van der Waals surface area contributed by atoms with E-state index in [4.69, 9.17) is 10.5 Å². The Hall–Kier alpha value is -3.19. The highest BCUT2D eigenvalue weighted by Crippen LogP contribution is 2.20. The predicted octanol–water partition coefficient (Wildman–Crippen LogP) is 2.99. The van der Waals surface area contributed by atoms with E-state index in [0.29, 0.717) is 24.3 Å². The van der Waals surface area contributed by atoms with Crippen LogP contribution >= 0.6 is 0 Å². The van der Waals surface area contributed by atoms with Crippen LogP contribution in [0.3, 0.4) is 0 Å². The molecule has 0 aliphatic rings. The standard InChI is InChI=1S/C23H27NO6/c1-15(2)23(24,22(27)28)20(25)13-8-16-6-11-19(12-7-16)30-14-17-4-9-18(10-5-17)21(26)29-3/h4-7,9-12,15H,8,13-14,24H2,1-3H3,(H,27,28)/t23-/m0/s1. The molecule has 0 spiro atoms. The molecular formula is C23H27NO6. The summed E-state index contributed by atoms with van der Waals surface area (Å²) in [6.07, 6.45) is 0.445. The monoisotopic (exact) mass is 413 g/mol. The molecule has 0 aliphatic heterocycles. The molecule has 30 heavy (non-hydrogen) atoms. The Morgan fingerprint density at radius 1 is 1.00 bits per heavy atom. The Morgan fingerprint density at radius 2 is 1.57 bits per heavy atom. The molecule has 0 aliphatic carbocycles. The molecule has 0 radical (unpaired) electrons. The van der Waals surface area contributed by atoms with Gasteiger partial charge in [-0.3, -0.25) is 4.79 Å². The number of carbonyl (C=O) groups excluding carboxylic acids is 2. The zero-order chi connectivity index (χ0) is 22.3. The molecule has 0 bridgehead atoms. The number of methoxy groups -OCH3 is 1. The van der Waals surface area contributed by atoms with Crippen molar-refractivity contribution in [3.63, 3.8) is 0 Å². The van der Waals surface area contributed by atoms with Crippen LogP contribution in [0.15, 0.2) is 48.5 Å². The third-order valence-electron chi connectivity index (χ3n) is 5.07. The lowest BCUT2D eigenvalue weighted by Crippen LogP contribution is -2.58. The predicted molar refractivity (Wildman–Crippen MR) is 111 cm³/mol. The summed E-state index contributed by atoms with van der Waals surface area (Å²) in [6.45, 7) is 3.59. The summed E-state index contributed by atoms with van der Waals surface area (Å²) in [7, 11) is 1.34. The molecule has 0 fully saturated rings. The van der Waals surface area contributed by atoms with E-state index in [9.17, 15) is 19.5 Å². The first kappa shape index (κ1) is 23.1. The van der Waals surface area contributed by atoms with Crippen LogP contribution in [0.25, 0.3) is 0 Å². The highest BCUT2D eigenvalue weighted by atomic mass is 16.5. The third-order valence-corrected chi connectivity index (χ3v) is 5.07. The van der Waals surface area contributed by atoms with E-state index < -0.39 is 23.2 Å². The van der Waals surface area contributed by atoms with Crippen LogP contribution in [0.4, 0.5) is 0 Å². The molecule has 3 N–H and O–H groups in total. The smallest absolute Gasteiger partial charge is 0.337 e. The van der Waals surface area contributed by atoms with Crippen LogP contribution in [-0.2, 0) is 27.4 Å². The molecule has 0 heterocycles. The van der Waals surface area contributed by atoms with E-state index >= 15 is 0 Å². The summed E-state index contributed by atoms with van der Waals surface area (Å²) in [6, 6.07) is 14.2. The molecule has 7 heteroatoms. The zero-order valence-electron chi connectivity index (χ0n) is 17.4. The molecule has 2 rings (SSSR count). The molecule has 0 aromatic heterocycles. The molecule has 160 valence electrons. The number of Topliss-reactive ketones (excluding diaryl/α,β-unsaturated/α-hetero) is 1. The van der Waals surface area contributed by atoms with E-state index in [0.717, 1.165) is 11.1 Å². The first-order valence-corrected chi connectivity index (χ1v) is 9.63. The van der Waals surface area contributed by atoms with Gasteiger partial charge in [-0.1, -0.05) is 38.1 Å². The first-order valence-electron chi connectivity index (χ1n) is 9.63. The number of aliphatic carboxylic acids is 1. The second-order valence-corrected chi connectivity index (χ2v) is 7.37. The van der Waals surface area contributed by atoms with Crippen molar-refractivity contribution in [1.29, 1.82) is 0 Å². The topological polar surface area (TPSA) is 116 Å². The molecule has 0 saturated heterocycles. The summed E-state index contributed by atoms with van der Waals surface area (Å²) in [5, 5.41) is 9.33. The maximum Gasteiger partial charge on any atom is 0.337 e. The van der Waals surface area contributed by atoms with Gasteiger partial charge in [-0.25, -0.2) is 9.59 Å². The van der Waals surface area contributed by atoms with Crippen molar-refractivity contribution in [3.8, 4) is 5.75 Å². The minimum absolute atomic E-state index is 0.0493. The van der Waals surface area contributed by atoms with Crippen LogP contribution in [0.1, 0.15) is 41.8 Å². The SMILES string of the molecule is COC(=O)c1ccc(COc2ccc(CCC(=O)[C@](N)(C(=O)O)C(C)C)cc2)cc1. The summed E-state index contributed by atoms with van der Waals surface area (Å²) in [5.41, 5.74) is 6.24. The number of rotatable bonds is 10. The Morgan fingerprint density at radius 3 is 2.07 bits per heavy atom. The Kier molecular flexibility index (Phi) is 7.72. The van der Waals surface area contributed by atoms with Gasteiger partial charge in [0.05, 0.1) is 12.7 Å². The van der Waals surface area contributed by atoms with Crippen LogP contribution in [0.5, 0.6) is 5.75 Å². The van der Waals surface area contributed by atoms with Crippen molar-refractivity contribution in [2.24, 2.45) is 11.7 Å². The summed E-state index contributed by atoms with van der Waals surface area (Å²) in [4.78, 5) is 35.2. The Balaban J connectivity index is 1.90. The van der Waals surface area contributed by atoms with Crippen molar-refractivity contribution in [1.82, 2.24) is 0 Å². The van der Waals surface area contributed by atoms with Crippen LogP contribution in [0, 0.1) is 5.92 Å². The number of carboxylic acid groups (broad SMARTS) is 1. The molecule has 0 amide bonds. The number of esters is 1. The number of hydrogen-bond donors (Lipinski definition) is 2. The molecule has 0 unspecified atom stereocenters. The zero-order valence-corrected chi connectivity index (χ0v) is 17.4. The van der Waals surface area contributed by atoms with Gasteiger partial charge in [0.1, 0.15) is 12.4 Å². The molecule has 0 saturated carbocycles. The van der Waals surface area contributed by atoms with Crippen molar-refractivity contribution >= 4 is 17.7 Å². The number of ether oxygens (including phenoxy) is 2. The normalized spacial score (nSPS) is 12.8. The molecule has 2 aromatic rings. The average Bonchev–Trinajstić information content (AvgIpc) is 2.75. The average molecular weight is 413 g/mol. The van der Waals surface area contributed by atoms with Crippen molar-refractivity contribution < 1.29 is 29.0 Å². The van der Waals surface area contributed by atoms with E-state index in [-0.39, 0.29) is 12.4 Å². The summed E-state index contributed by atoms with van der Waals surface area (Å²) in [5.74, 6) is -2.02. The van der Waals surface area contributed by atoms with Crippen LogP contribution < -0.4 is 10.5 Å². The largest absolute Gasteiger partial charge is 0.489 e. The van der Waals surface area contributed by atoms with Crippen LogP contribution in [-0.4, -0.2) is 35.5 Å². The van der Waals surface area contributed by atoms with Gasteiger partial charge in [0.15, 0.2) is 11.3 Å². The second kappa shape index (κ2) is 10.0. The lowest BCUT2D eigenvalue weighted by molar-refractivity contribution is -0.150. The molecule has 7 nitrogen and oxygen atoms in total. The Labute approximate surface area is 175 Å². The molecular weight excluding hydrogens is 386 g/mol. The Bertz CT molecular complexity index is 889. The van der Waals surface area contributed by atoms with Crippen molar-refractivity contribution in [3.05, 3.63) is 65.2 Å². The van der Waals surface area contributed by atoms with E-state index in [1.54, 1.807) is 50.2 Å². The highest BCUT2D eigenvalue weighted by molar-refractivity contribution is 6.07. The number of hydrogen-bond acceptors (Lipinski definition) is 6. The number of ketones is 1. The van der Waals surface area contributed by atoms with Crippen molar-refractivity contribution in [2.45, 2.75) is 38.8 Å². The van der Waals surface area contributed by atoms with Gasteiger partial charge >= 0.3 is 11.9 Å². The fraction of sp³-hybridized carbons (Fsp3) is 0.348. The van der Waals surface area contributed by atoms with Gasteiger partial charge in [0.2, 0.25) is 0 Å². The number of benzene rings is 2. The fourth-order valence-electron chi connectivity index (χ4n) is 2.93. The minimum Gasteiger partial charge on any atom is -0.489 e. The van der Waals surface area contributed by atoms with Gasteiger partial charge < -0.3 is 20.3 Å². The maximum atomic E-state index is 12.4. The van der Waals surface area contributed by atoms with Gasteiger partial charge in [-0.05, 0) is 47.7 Å². The van der Waals surface area contributed by atoms with E-state index in [1.807, 2.05) is 12.1 Å². The molecule has 2 aromatic carbocycles. The maximum absolute atomic E-state index is 12.4. The molecule has 1 atom stereocenters. The lowest BCUT2D eigenvalue weighted by Gasteiger charge is -2.27. The number of carbonyl (C=O) groups is 3. The summed E-state index contributed by atoms with van der Waals surface area (Å²) < 4.78 is 10.4. The van der Waals surface area contributed by atoms with E-state index in [1.165, 1.54) is 7.11 Å². The van der Waals surface area contributed by atoms with Crippen LogP contribution in [0.2, 0.25) is 0 Å². The first-order chi connectivity index (χ1) is 14.2. The number of carboxylic acids is 1. The minimum atomic E-state index is -1.87. The highest BCUT2D eigenvalue weighted by Gasteiger charge is 2.44. The van der Waals surface area contributed by atoms with Gasteiger partial charge in [-0.2, -0.15) is 0 Å². The van der Waals surface area contributed by atoms with Gasteiger partial charge in [0, 0.05) is 6.42 Å². The lowest BCUT2D eigenvalue weighted by atomic mass is 9.81. The van der Waals surface area contributed by atoms with Gasteiger partial charge in [0.25, 0.3) is 0 Å². The number of nitrogens with two attached hydrogens (primary N) is 1. The summed E-state index contributed by atoms with van der Waals surface area (Å²) >= 11 is 0. The van der Waals surface area contributed by atoms with Crippen molar-refractivity contribution in [2.75, 3.05) is 7.11 Å². The second-order valence-electron chi connectivity index (χ2n) is 7.37. The number of aryl methyl sites for hydroxylation is 1. The third kappa shape index (κ3) is 5.45. The van der Waals surface area contributed by atoms with E-state index in [2.05, 4.69) is 4.74 Å². The fourth-order valence-corrected chi connectivity index (χ4v) is 2.93. The van der Waals surface area contributed by atoms with Gasteiger partial charge in [-0.15, -0.1) is 0 Å². The quantitative estimate of drug-likeness (QED) is 0.454.